The van der Waals surface area contributed by atoms with Crippen LogP contribution in [0.2, 0.25) is 0 Å². The lowest BCUT2D eigenvalue weighted by Crippen LogP contribution is -2.34. The fourth-order valence-corrected chi connectivity index (χ4v) is 2.65. The van der Waals surface area contributed by atoms with E-state index in [2.05, 4.69) is 31.0 Å². The second-order valence-corrected chi connectivity index (χ2v) is 6.22. The molecular formula is C18H22F3N5O3. The maximum atomic E-state index is 10.6. The number of fused-ring (bicyclic) bond motifs is 1. The number of methoxy groups -OCH3 is 1. The van der Waals surface area contributed by atoms with Crippen molar-refractivity contribution in [3.63, 3.8) is 0 Å². The quantitative estimate of drug-likeness (QED) is 0.817. The molecule has 0 bridgehead atoms. The number of aryl methyl sites for hydroxylation is 1. The van der Waals surface area contributed by atoms with E-state index in [4.69, 9.17) is 14.6 Å². The summed E-state index contributed by atoms with van der Waals surface area (Å²) >= 11 is 0. The molecule has 0 saturated heterocycles. The van der Waals surface area contributed by atoms with Gasteiger partial charge in [0, 0.05) is 45.0 Å². The van der Waals surface area contributed by atoms with Gasteiger partial charge in [0.05, 0.1) is 12.3 Å². The molecule has 0 unspecified atom stereocenters. The molecule has 0 spiro atoms. The SMILES string of the molecule is COCCN1CCN(c2ccc(C)nn2)Cc2cccnc21.O=C(O)C(F)(F)F. The first-order valence-electron chi connectivity index (χ1n) is 8.75. The summed E-state index contributed by atoms with van der Waals surface area (Å²) in [5.41, 5.74) is 2.14. The molecule has 0 fully saturated rings. The fraction of sp³-hybridized carbons (Fsp3) is 0.444. The van der Waals surface area contributed by atoms with Gasteiger partial charge in [-0.3, -0.25) is 0 Å². The number of pyridine rings is 1. The summed E-state index contributed by atoms with van der Waals surface area (Å²) in [6.45, 7) is 6.06. The van der Waals surface area contributed by atoms with Crippen LogP contribution >= 0.6 is 0 Å². The van der Waals surface area contributed by atoms with Gasteiger partial charge >= 0.3 is 12.1 Å². The molecule has 0 amide bonds. The summed E-state index contributed by atoms with van der Waals surface area (Å²) in [5, 5.41) is 15.6. The van der Waals surface area contributed by atoms with Crippen LogP contribution in [0.25, 0.3) is 0 Å². The minimum Gasteiger partial charge on any atom is -0.475 e. The number of ether oxygens (including phenoxy) is 1. The van der Waals surface area contributed by atoms with Crippen molar-refractivity contribution < 1.29 is 27.8 Å². The fourth-order valence-electron chi connectivity index (χ4n) is 2.65. The van der Waals surface area contributed by atoms with Gasteiger partial charge in [0.15, 0.2) is 5.82 Å². The molecule has 29 heavy (non-hydrogen) atoms. The molecule has 0 aromatic carbocycles. The molecule has 1 aliphatic heterocycles. The standard InChI is InChI=1S/C16H21N5O.C2HF3O2/c1-13-5-6-15(19-18-13)21-9-8-20(10-11-22-2)16-14(12-21)4-3-7-17-16;3-2(4,5)1(6)7/h3-7H,8-12H2,1-2H3;(H,6,7). The molecule has 158 valence electrons. The summed E-state index contributed by atoms with van der Waals surface area (Å²) in [5.74, 6) is -0.802. The van der Waals surface area contributed by atoms with Crippen molar-refractivity contribution in [3.8, 4) is 0 Å². The third-order valence-corrected chi connectivity index (χ3v) is 4.08. The number of rotatable bonds is 4. The number of carboxylic acids is 1. The van der Waals surface area contributed by atoms with E-state index < -0.39 is 12.1 Å². The van der Waals surface area contributed by atoms with Gasteiger partial charge in [-0.2, -0.15) is 18.3 Å². The van der Waals surface area contributed by atoms with E-state index in [9.17, 15) is 13.2 Å². The van der Waals surface area contributed by atoms with Crippen molar-refractivity contribution in [2.24, 2.45) is 0 Å². The normalized spacial score (nSPS) is 13.8. The van der Waals surface area contributed by atoms with Crippen LogP contribution in [-0.2, 0) is 16.1 Å². The Morgan fingerprint density at radius 1 is 1.24 bits per heavy atom. The second kappa shape index (κ2) is 10.0. The Balaban J connectivity index is 0.000000370. The molecule has 3 rings (SSSR count). The minimum absolute atomic E-state index is 0.695. The van der Waals surface area contributed by atoms with Crippen molar-refractivity contribution in [1.29, 1.82) is 0 Å². The first-order chi connectivity index (χ1) is 13.7. The molecule has 2 aromatic heterocycles. The Morgan fingerprint density at radius 3 is 2.55 bits per heavy atom. The first kappa shape index (κ1) is 22.3. The zero-order chi connectivity index (χ0) is 21.4. The third-order valence-electron chi connectivity index (χ3n) is 4.08. The molecular weight excluding hydrogens is 391 g/mol. The lowest BCUT2D eigenvalue weighted by atomic mass is 10.2. The Bertz CT molecular complexity index is 802. The molecule has 0 atom stereocenters. The summed E-state index contributed by atoms with van der Waals surface area (Å²) in [4.78, 5) is 18.0. The molecule has 1 aliphatic rings. The van der Waals surface area contributed by atoms with Crippen LogP contribution in [0.5, 0.6) is 0 Å². The second-order valence-electron chi connectivity index (χ2n) is 6.22. The number of anilines is 2. The highest BCUT2D eigenvalue weighted by Crippen LogP contribution is 2.24. The number of hydrogen-bond donors (Lipinski definition) is 1. The van der Waals surface area contributed by atoms with Crippen LogP contribution in [0.1, 0.15) is 11.3 Å². The van der Waals surface area contributed by atoms with Crippen LogP contribution in [0.4, 0.5) is 24.8 Å². The number of carboxylic acid groups (broad SMARTS) is 1. The number of nitrogens with zero attached hydrogens (tertiary/aromatic N) is 5. The average Bonchev–Trinajstić information content (AvgIpc) is 2.86. The molecule has 3 heterocycles. The highest BCUT2D eigenvalue weighted by atomic mass is 19.4. The van der Waals surface area contributed by atoms with E-state index in [0.29, 0.717) is 6.61 Å². The van der Waals surface area contributed by atoms with Gasteiger partial charge in [-0.05, 0) is 25.1 Å². The van der Waals surface area contributed by atoms with Crippen molar-refractivity contribution in [2.75, 3.05) is 43.2 Å². The van der Waals surface area contributed by atoms with E-state index in [1.165, 1.54) is 5.56 Å². The number of aromatic nitrogens is 3. The third kappa shape index (κ3) is 6.56. The largest absolute Gasteiger partial charge is 0.490 e. The van der Waals surface area contributed by atoms with Crippen molar-refractivity contribution in [2.45, 2.75) is 19.6 Å². The highest BCUT2D eigenvalue weighted by Gasteiger charge is 2.38. The van der Waals surface area contributed by atoms with Crippen LogP contribution in [0, 0.1) is 6.92 Å². The minimum atomic E-state index is -5.08. The van der Waals surface area contributed by atoms with Gasteiger partial charge < -0.3 is 19.6 Å². The van der Waals surface area contributed by atoms with Gasteiger partial charge in [0.25, 0.3) is 0 Å². The smallest absolute Gasteiger partial charge is 0.475 e. The van der Waals surface area contributed by atoms with Crippen molar-refractivity contribution in [1.82, 2.24) is 15.2 Å². The molecule has 8 nitrogen and oxygen atoms in total. The van der Waals surface area contributed by atoms with Crippen LogP contribution in [0.3, 0.4) is 0 Å². The molecule has 0 saturated carbocycles. The highest BCUT2D eigenvalue weighted by molar-refractivity contribution is 5.73. The summed E-state index contributed by atoms with van der Waals surface area (Å²) in [6, 6.07) is 8.14. The predicted molar refractivity (Wildman–Crippen MR) is 99.8 cm³/mol. The van der Waals surface area contributed by atoms with Gasteiger partial charge in [-0.15, -0.1) is 5.10 Å². The average molecular weight is 413 g/mol. The lowest BCUT2D eigenvalue weighted by molar-refractivity contribution is -0.192. The molecule has 0 aliphatic carbocycles. The van der Waals surface area contributed by atoms with Gasteiger partial charge in [0.1, 0.15) is 5.82 Å². The van der Waals surface area contributed by atoms with Crippen LogP contribution < -0.4 is 9.80 Å². The number of aliphatic carboxylic acids is 1. The van der Waals surface area contributed by atoms with E-state index in [-0.39, 0.29) is 0 Å². The Kier molecular flexibility index (Phi) is 7.71. The number of alkyl halides is 3. The van der Waals surface area contributed by atoms with Gasteiger partial charge in [-0.25, -0.2) is 9.78 Å². The zero-order valence-corrected chi connectivity index (χ0v) is 16.1. The monoisotopic (exact) mass is 413 g/mol. The number of halogens is 3. The van der Waals surface area contributed by atoms with Crippen molar-refractivity contribution >= 4 is 17.6 Å². The zero-order valence-electron chi connectivity index (χ0n) is 16.1. The maximum Gasteiger partial charge on any atom is 0.490 e. The molecule has 11 heteroatoms. The summed E-state index contributed by atoms with van der Waals surface area (Å²) in [6.07, 6.45) is -3.24. The van der Waals surface area contributed by atoms with Crippen molar-refractivity contribution in [3.05, 3.63) is 41.7 Å². The van der Waals surface area contributed by atoms with E-state index in [1.54, 1.807) is 7.11 Å². The Morgan fingerprint density at radius 2 is 1.97 bits per heavy atom. The Labute approximate surface area is 165 Å². The summed E-state index contributed by atoms with van der Waals surface area (Å²) in [7, 11) is 1.73. The topological polar surface area (TPSA) is 91.7 Å². The lowest BCUT2D eigenvalue weighted by Gasteiger charge is -2.23. The Hall–Kier alpha value is -2.95. The van der Waals surface area contributed by atoms with E-state index in [0.717, 1.165) is 43.5 Å². The molecule has 1 N–H and O–H groups in total. The molecule has 0 radical (unpaired) electrons. The van der Waals surface area contributed by atoms with Crippen LogP contribution in [0.15, 0.2) is 30.5 Å². The number of hydrogen-bond acceptors (Lipinski definition) is 7. The predicted octanol–water partition coefficient (Wildman–Crippen LogP) is 2.29. The first-order valence-corrected chi connectivity index (χ1v) is 8.75. The molecule has 2 aromatic rings. The van der Waals surface area contributed by atoms with Crippen LogP contribution in [-0.4, -0.2) is 65.8 Å². The van der Waals surface area contributed by atoms with E-state index >= 15 is 0 Å². The summed E-state index contributed by atoms with van der Waals surface area (Å²) < 4.78 is 37.0. The van der Waals surface area contributed by atoms with E-state index in [1.807, 2.05) is 31.3 Å². The van der Waals surface area contributed by atoms with Gasteiger partial charge in [0.2, 0.25) is 0 Å². The maximum absolute atomic E-state index is 10.6. The van der Waals surface area contributed by atoms with Gasteiger partial charge in [-0.1, -0.05) is 6.07 Å². The number of carbonyl (C=O) groups is 1.